The summed E-state index contributed by atoms with van der Waals surface area (Å²) in [5.41, 5.74) is -0.639. The molecule has 0 radical (unpaired) electrons. The van der Waals surface area contributed by atoms with E-state index in [1.807, 2.05) is 7.05 Å². The SMILES string of the molecule is CN1CCC(Nc2c(F)cc(C(=O)O)cc2F)C1. The normalized spacial score (nSPS) is 20.1. The summed E-state index contributed by atoms with van der Waals surface area (Å²) in [6.45, 7) is 1.58. The number of carboxylic acids is 1. The molecule has 0 aliphatic carbocycles. The topological polar surface area (TPSA) is 52.6 Å². The molecule has 1 aromatic rings. The monoisotopic (exact) mass is 256 g/mol. The van der Waals surface area contributed by atoms with Gasteiger partial charge in [0.25, 0.3) is 0 Å². The molecule has 4 nitrogen and oxygen atoms in total. The molecule has 6 heteroatoms. The van der Waals surface area contributed by atoms with Gasteiger partial charge in [-0.2, -0.15) is 0 Å². The molecule has 1 aliphatic heterocycles. The number of likely N-dealkylation sites (N-methyl/N-ethyl adjacent to an activating group) is 1. The van der Waals surface area contributed by atoms with Gasteiger partial charge in [0.05, 0.1) is 5.56 Å². The van der Waals surface area contributed by atoms with Crippen LogP contribution in [-0.2, 0) is 0 Å². The van der Waals surface area contributed by atoms with Crippen molar-refractivity contribution in [2.75, 3.05) is 25.5 Å². The first-order valence-electron chi connectivity index (χ1n) is 5.65. The van der Waals surface area contributed by atoms with Gasteiger partial charge in [0.1, 0.15) is 17.3 Å². The minimum Gasteiger partial charge on any atom is -0.478 e. The lowest BCUT2D eigenvalue weighted by Gasteiger charge is -2.15. The second-order valence-corrected chi connectivity index (χ2v) is 4.51. The van der Waals surface area contributed by atoms with Crippen LogP contribution < -0.4 is 5.32 Å². The van der Waals surface area contributed by atoms with E-state index in [4.69, 9.17) is 5.11 Å². The van der Waals surface area contributed by atoms with Crippen molar-refractivity contribution >= 4 is 11.7 Å². The Kier molecular flexibility index (Phi) is 3.47. The zero-order valence-corrected chi connectivity index (χ0v) is 9.91. The molecule has 2 rings (SSSR count). The second kappa shape index (κ2) is 4.89. The summed E-state index contributed by atoms with van der Waals surface area (Å²) in [7, 11) is 1.93. The highest BCUT2D eigenvalue weighted by molar-refractivity contribution is 5.88. The molecular weight excluding hydrogens is 242 g/mol. The Hall–Kier alpha value is -1.69. The minimum absolute atomic E-state index is 0.0188. The lowest BCUT2D eigenvalue weighted by Crippen LogP contribution is -2.24. The molecule has 1 aliphatic rings. The highest BCUT2D eigenvalue weighted by Crippen LogP contribution is 2.23. The van der Waals surface area contributed by atoms with Crippen molar-refractivity contribution in [3.63, 3.8) is 0 Å². The van der Waals surface area contributed by atoms with E-state index in [0.717, 1.165) is 25.1 Å². The third kappa shape index (κ3) is 2.59. The number of hydrogen-bond donors (Lipinski definition) is 2. The predicted octanol–water partition coefficient (Wildman–Crippen LogP) is 1.78. The molecule has 1 heterocycles. The van der Waals surface area contributed by atoms with Crippen LogP contribution in [0.5, 0.6) is 0 Å². The first kappa shape index (κ1) is 12.8. The Labute approximate surface area is 103 Å². The van der Waals surface area contributed by atoms with Gasteiger partial charge in [0, 0.05) is 12.6 Å². The second-order valence-electron chi connectivity index (χ2n) is 4.51. The van der Waals surface area contributed by atoms with Gasteiger partial charge in [-0.1, -0.05) is 0 Å². The van der Waals surface area contributed by atoms with Crippen molar-refractivity contribution in [1.82, 2.24) is 4.90 Å². The number of benzene rings is 1. The maximum absolute atomic E-state index is 13.6. The van der Waals surface area contributed by atoms with Gasteiger partial charge in [-0.05, 0) is 32.1 Å². The van der Waals surface area contributed by atoms with Crippen LogP contribution >= 0.6 is 0 Å². The molecule has 1 atom stereocenters. The van der Waals surface area contributed by atoms with Crippen LogP contribution in [-0.4, -0.2) is 42.2 Å². The fourth-order valence-electron chi connectivity index (χ4n) is 2.09. The summed E-state index contributed by atoms with van der Waals surface area (Å²) in [4.78, 5) is 12.7. The predicted molar refractivity (Wildman–Crippen MR) is 62.8 cm³/mol. The largest absolute Gasteiger partial charge is 0.478 e. The Morgan fingerprint density at radius 2 is 2.06 bits per heavy atom. The Morgan fingerprint density at radius 1 is 1.44 bits per heavy atom. The summed E-state index contributed by atoms with van der Waals surface area (Å²) in [6.07, 6.45) is 0.802. The number of nitrogens with one attached hydrogen (secondary N) is 1. The molecule has 0 spiro atoms. The minimum atomic E-state index is -1.35. The Bertz CT molecular complexity index is 456. The average Bonchev–Trinajstić information content (AvgIpc) is 2.69. The zero-order valence-electron chi connectivity index (χ0n) is 9.91. The molecule has 18 heavy (non-hydrogen) atoms. The lowest BCUT2D eigenvalue weighted by atomic mass is 10.1. The van der Waals surface area contributed by atoms with Crippen LogP contribution in [0.2, 0.25) is 0 Å². The lowest BCUT2D eigenvalue weighted by molar-refractivity contribution is 0.0696. The number of likely N-dealkylation sites (tertiary alicyclic amines) is 1. The van der Waals surface area contributed by atoms with Crippen molar-refractivity contribution in [3.8, 4) is 0 Å². The van der Waals surface area contributed by atoms with Gasteiger partial charge in [0.15, 0.2) is 0 Å². The van der Waals surface area contributed by atoms with Crippen molar-refractivity contribution in [2.24, 2.45) is 0 Å². The van der Waals surface area contributed by atoms with E-state index in [9.17, 15) is 13.6 Å². The molecular formula is C12H14F2N2O2. The van der Waals surface area contributed by atoms with Crippen LogP contribution in [0, 0.1) is 11.6 Å². The highest BCUT2D eigenvalue weighted by Gasteiger charge is 2.22. The fraction of sp³-hybridized carbons (Fsp3) is 0.417. The van der Waals surface area contributed by atoms with Crippen LogP contribution in [0.1, 0.15) is 16.8 Å². The van der Waals surface area contributed by atoms with E-state index in [2.05, 4.69) is 10.2 Å². The van der Waals surface area contributed by atoms with E-state index in [1.165, 1.54) is 0 Å². The highest BCUT2D eigenvalue weighted by atomic mass is 19.1. The Balaban J connectivity index is 2.20. The molecule has 0 aromatic heterocycles. The smallest absolute Gasteiger partial charge is 0.335 e. The van der Waals surface area contributed by atoms with Crippen LogP contribution in [0.4, 0.5) is 14.5 Å². The molecule has 2 N–H and O–H groups in total. The third-order valence-electron chi connectivity index (χ3n) is 3.03. The van der Waals surface area contributed by atoms with E-state index in [0.29, 0.717) is 6.54 Å². The number of rotatable bonds is 3. The van der Waals surface area contributed by atoms with Crippen molar-refractivity contribution in [2.45, 2.75) is 12.5 Å². The molecule has 1 unspecified atom stereocenters. The van der Waals surface area contributed by atoms with Crippen molar-refractivity contribution in [1.29, 1.82) is 0 Å². The molecule has 98 valence electrons. The van der Waals surface area contributed by atoms with E-state index < -0.39 is 17.6 Å². The first-order chi connectivity index (χ1) is 8.47. The zero-order chi connectivity index (χ0) is 13.3. The molecule has 0 amide bonds. The van der Waals surface area contributed by atoms with Crippen molar-refractivity contribution in [3.05, 3.63) is 29.3 Å². The van der Waals surface area contributed by atoms with Gasteiger partial charge in [-0.15, -0.1) is 0 Å². The number of carbonyl (C=O) groups is 1. The van der Waals surface area contributed by atoms with Gasteiger partial charge in [-0.3, -0.25) is 0 Å². The fourth-order valence-corrected chi connectivity index (χ4v) is 2.09. The Morgan fingerprint density at radius 3 is 2.50 bits per heavy atom. The van der Waals surface area contributed by atoms with Crippen LogP contribution in [0.3, 0.4) is 0 Å². The number of hydrogen-bond acceptors (Lipinski definition) is 3. The van der Waals surface area contributed by atoms with Gasteiger partial charge in [-0.25, -0.2) is 13.6 Å². The molecule has 0 saturated carbocycles. The summed E-state index contributed by atoms with van der Waals surface area (Å²) in [6, 6.07) is 1.63. The van der Waals surface area contributed by atoms with Crippen molar-refractivity contribution < 1.29 is 18.7 Å². The van der Waals surface area contributed by atoms with Gasteiger partial charge >= 0.3 is 5.97 Å². The van der Waals surface area contributed by atoms with E-state index >= 15 is 0 Å². The number of nitrogens with zero attached hydrogens (tertiary/aromatic N) is 1. The quantitative estimate of drug-likeness (QED) is 0.865. The maximum Gasteiger partial charge on any atom is 0.335 e. The number of carboxylic acid groups (broad SMARTS) is 1. The van der Waals surface area contributed by atoms with Gasteiger partial charge in [0.2, 0.25) is 0 Å². The first-order valence-corrected chi connectivity index (χ1v) is 5.65. The molecule has 1 fully saturated rings. The van der Waals surface area contributed by atoms with Crippen LogP contribution in [0.25, 0.3) is 0 Å². The van der Waals surface area contributed by atoms with Crippen LogP contribution in [0.15, 0.2) is 12.1 Å². The standard InChI is InChI=1S/C12H14F2N2O2/c1-16-3-2-8(6-16)15-11-9(13)4-7(12(17)18)5-10(11)14/h4-5,8,15H,2-3,6H2,1H3,(H,17,18). The van der Waals surface area contributed by atoms with E-state index in [1.54, 1.807) is 0 Å². The summed E-state index contributed by atoms with van der Waals surface area (Å²) >= 11 is 0. The summed E-state index contributed by atoms with van der Waals surface area (Å²) in [5, 5.41) is 11.5. The molecule has 1 saturated heterocycles. The van der Waals surface area contributed by atoms with E-state index in [-0.39, 0.29) is 17.3 Å². The third-order valence-corrected chi connectivity index (χ3v) is 3.03. The molecule has 0 bridgehead atoms. The maximum atomic E-state index is 13.6. The van der Waals surface area contributed by atoms with Gasteiger partial charge < -0.3 is 15.3 Å². The number of anilines is 1. The summed E-state index contributed by atoms with van der Waals surface area (Å²) < 4.78 is 27.3. The average molecular weight is 256 g/mol. The summed E-state index contributed by atoms with van der Waals surface area (Å²) in [5.74, 6) is -3.09. The number of aromatic carboxylic acids is 1. The number of halogens is 2. The molecule has 1 aromatic carbocycles.